The highest BCUT2D eigenvalue weighted by molar-refractivity contribution is 6.01. The maximum atomic E-state index is 12.4. The molecule has 5 rings (SSSR count). The molecule has 4 N–H and O–H groups in total. The molecule has 1 aliphatic carbocycles. The zero-order valence-corrected chi connectivity index (χ0v) is 17.8. The first kappa shape index (κ1) is 19.5. The van der Waals surface area contributed by atoms with Crippen molar-refractivity contribution in [2.75, 3.05) is 12.3 Å². The van der Waals surface area contributed by atoms with Gasteiger partial charge in [-0.25, -0.2) is 20.1 Å². The average molecular weight is 419 g/mol. The highest BCUT2D eigenvalue weighted by Gasteiger charge is 2.24. The van der Waals surface area contributed by atoms with Crippen molar-refractivity contribution in [2.24, 2.45) is 5.92 Å². The Kier molecular flexibility index (Phi) is 4.44. The highest BCUT2D eigenvalue weighted by atomic mass is 16.7. The Morgan fingerprint density at radius 1 is 1.29 bits per heavy atom. The summed E-state index contributed by atoms with van der Waals surface area (Å²) in [4.78, 5) is 29.4. The Bertz CT molecular complexity index is 1290. The minimum atomic E-state index is -0.293. The Labute approximate surface area is 179 Å². The van der Waals surface area contributed by atoms with E-state index in [0.29, 0.717) is 35.4 Å². The topological polar surface area (TPSA) is 124 Å². The summed E-state index contributed by atoms with van der Waals surface area (Å²) < 4.78 is 1.87. The molecule has 1 aromatic carbocycles. The van der Waals surface area contributed by atoms with Gasteiger partial charge >= 0.3 is 0 Å². The van der Waals surface area contributed by atoms with Crippen LogP contribution in [0.5, 0.6) is 0 Å². The van der Waals surface area contributed by atoms with E-state index in [2.05, 4.69) is 41.2 Å². The molecule has 3 heterocycles. The van der Waals surface area contributed by atoms with Crippen molar-refractivity contribution in [3.05, 3.63) is 36.3 Å². The number of hydrogen-bond donors (Lipinski definition) is 3. The van der Waals surface area contributed by atoms with Crippen LogP contribution in [0, 0.1) is 5.92 Å². The number of nitrogens with zero attached hydrogens (tertiary/aromatic N) is 4. The highest BCUT2D eigenvalue weighted by Crippen LogP contribution is 2.34. The number of nitrogen functional groups attached to an aromatic ring is 1. The van der Waals surface area contributed by atoms with Crippen molar-refractivity contribution in [1.29, 1.82) is 0 Å². The van der Waals surface area contributed by atoms with E-state index in [4.69, 9.17) is 15.7 Å². The maximum absolute atomic E-state index is 12.4. The lowest BCUT2D eigenvalue weighted by Gasteiger charge is -2.19. The van der Waals surface area contributed by atoms with Gasteiger partial charge in [-0.05, 0) is 51.7 Å². The molecule has 1 aliphatic rings. The Morgan fingerprint density at radius 2 is 2.10 bits per heavy atom. The summed E-state index contributed by atoms with van der Waals surface area (Å²) in [7, 11) is 0. The molecule has 4 aromatic rings. The summed E-state index contributed by atoms with van der Waals surface area (Å²) in [6.45, 7) is 6.74. The zero-order chi connectivity index (χ0) is 21.8. The molecule has 0 atom stereocenters. The lowest BCUT2D eigenvalue weighted by molar-refractivity contribution is 0.0267. The summed E-state index contributed by atoms with van der Waals surface area (Å²) in [6.07, 6.45) is 3.79. The van der Waals surface area contributed by atoms with Gasteiger partial charge in [0.15, 0.2) is 5.65 Å². The number of aromatic amines is 1. The number of aromatic nitrogens is 5. The van der Waals surface area contributed by atoms with Gasteiger partial charge < -0.3 is 10.7 Å². The average Bonchev–Trinajstić information content (AvgIpc) is 3.29. The number of benzene rings is 1. The third-order valence-corrected chi connectivity index (χ3v) is 5.45. The molecular weight excluding hydrogens is 394 g/mol. The van der Waals surface area contributed by atoms with Crippen molar-refractivity contribution in [3.8, 4) is 11.3 Å². The lowest BCUT2D eigenvalue weighted by Crippen LogP contribution is -2.24. The predicted octanol–water partition coefficient (Wildman–Crippen LogP) is 3.38. The number of hydrogen-bond acceptors (Lipinski definition) is 6. The molecule has 0 radical (unpaired) electrons. The van der Waals surface area contributed by atoms with Crippen LogP contribution in [-0.2, 0) is 10.4 Å². The van der Waals surface area contributed by atoms with Crippen LogP contribution in [0.25, 0.3) is 33.2 Å². The fourth-order valence-corrected chi connectivity index (χ4v) is 3.61. The van der Waals surface area contributed by atoms with E-state index in [9.17, 15) is 4.79 Å². The van der Waals surface area contributed by atoms with Gasteiger partial charge in [0, 0.05) is 16.5 Å². The standard InChI is InChI=1S/C22H25N7O2/c1-22(2,3)29-20-17(19(23)24-11-25-20)18(27-29)14-7-6-13-8-16(26-15(13)9-14)21(30)28-31-10-12-4-5-12/h6-9,11-12,26H,4-5,10H2,1-3H3,(H,28,30)(H2,23,24,25). The summed E-state index contributed by atoms with van der Waals surface area (Å²) >= 11 is 0. The van der Waals surface area contributed by atoms with Crippen LogP contribution in [0.15, 0.2) is 30.6 Å². The van der Waals surface area contributed by atoms with Gasteiger partial charge in [-0.3, -0.25) is 9.63 Å². The Balaban J connectivity index is 1.52. The molecule has 160 valence electrons. The van der Waals surface area contributed by atoms with Gasteiger partial charge in [0.1, 0.15) is 23.5 Å². The molecular formula is C22H25N7O2. The molecule has 0 saturated heterocycles. The monoisotopic (exact) mass is 419 g/mol. The second-order valence-corrected chi connectivity index (χ2v) is 9.06. The minimum absolute atomic E-state index is 0.278. The van der Waals surface area contributed by atoms with Gasteiger partial charge in [0.2, 0.25) is 0 Å². The van der Waals surface area contributed by atoms with Crippen LogP contribution >= 0.6 is 0 Å². The van der Waals surface area contributed by atoms with Crippen molar-refractivity contribution in [3.63, 3.8) is 0 Å². The van der Waals surface area contributed by atoms with Crippen molar-refractivity contribution < 1.29 is 9.63 Å². The predicted molar refractivity (Wildman–Crippen MR) is 118 cm³/mol. The molecule has 1 saturated carbocycles. The summed E-state index contributed by atoms with van der Waals surface area (Å²) in [6, 6.07) is 7.67. The van der Waals surface area contributed by atoms with Crippen molar-refractivity contribution in [2.45, 2.75) is 39.2 Å². The number of fused-ring (bicyclic) bond motifs is 2. The van der Waals surface area contributed by atoms with E-state index in [1.165, 1.54) is 19.2 Å². The van der Waals surface area contributed by atoms with Crippen molar-refractivity contribution >= 4 is 33.7 Å². The number of carbonyl (C=O) groups excluding carboxylic acids is 1. The van der Waals surface area contributed by atoms with Crippen molar-refractivity contribution in [1.82, 2.24) is 30.2 Å². The Hall–Kier alpha value is -3.46. The lowest BCUT2D eigenvalue weighted by atomic mass is 10.1. The SMILES string of the molecule is CC(C)(C)n1nc(-c2ccc3cc(C(=O)NOCC4CC4)[nH]c3c2)c2c(N)ncnc21. The van der Waals surface area contributed by atoms with E-state index >= 15 is 0 Å². The third-order valence-electron chi connectivity index (χ3n) is 5.45. The van der Waals surface area contributed by atoms with Crippen LogP contribution < -0.4 is 11.2 Å². The molecule has 9 nitrogen and oxygen atoms in total. The minimum Gasteiger partial charge on any atom is -0.383 e. The number of nitrogens with one attached hydrogen (secondary N) is 2. The number of carbonyl (C=O) groups is 1. The fraction of sp³-hybridized carbons (Fsp3) is 0.364. The normalized spacial score (nSPS) is 14.4. The number of H-pyrrole nitrogens is 1. The number of anilines is 1. The van der Waals surface area contributed by atoms with Gasteiger partial charge in [-0.2, -0.15) is 5.10 Å². The van der Waals surface area contributed by atoms with Crippen LogP contribution in [0.1, 0.15) is 44.1 Å². The Morgan fingerprint density at radius 3 is 2.84 bits per heavy atom. The molecule has 0 aliphatic heterocycles. The van der Waals surface area contributed by atoms with Gasteiger partial charge in [-0.1, -0.05) is 12.1 Å². The molecule has 0 spiro atoms. The van der Waals surface area contributed by atoms with E-state index in [0.717, 1.165) is 21.9 Å². The third kappa shape index (κ3) is 3.61. The molecule has 9 heteroatoms. The molecule has 3 aromatic heterocycles. The summed E-state index contributed by atoms with van der Waals surface area (Å²) in [5, 5.41) is 6.46. The smallest absolute Gasteiger partial charge is 0.291 e. The second-order valence-electron chi connectivity index (χ2n) is 9.06. The molecule has 1 fully saturated rings. The van der Waals surface area contributed by atoms with Crippen LogP contribution in [-0.4, -0.2) is 37.2 Å². The van der Waals surface area contributed by atoms with Crippen LogP contribution in [0.2, 0.25) is 0 Å². The van der Waals surface area contributed by atoms with Crippen LogP contribution in [0.4, 0.5) is 5.82 Å². The summed E-state index contributed by atoms with van der Waals surface area (Å²) in [5.74, 6) is 0.665. The molecule has 0 unspecified atom stereocenters. The summed E-state index contributed by atoms with van der Waals surface area (Å²) in [5.41, 5.74) is 11.9. The van der Waals surface area contributed by atoms with Gasteiger partial charge in [0.25, 0.3) is 5.91 Å². The quantitative estimate of drug-likeness (QED) is 0.426. The maximum Gasteiger partial charge on any atom is 0.291 e. The number of amides is 1. The molecule has 0 bridgehead atoms. The van der Waals surface area contributed by atoms with Crippen LogP contribution in [0.3, 0.4) is 0 Å². The number of rotatable bonds is 5. The van der Waals surface area contributed by atoms with E-state index in [1.807, 2.05) is 22.9 Å². The van der Waals surface area contributed by atoms with Gasteiger partial charge in [-0.15, -0.1) is 0 Å². The first-order chi connectivity index (χ1) is 14.8. The first-order valence-corrected chi connectivity index (χ1v) is 10.4. The van der Waals surface area contributed by atoms with E-state index in [-0.39, 0.29) is 11.4 Å². The molecule has 31 heavy (non-hydrogen) atoms. The van der Waals surface area contributed by atoms with E-state index in [1.54, 1.807) is 6.07 Å². The fourth-order valence-electron chi connectivity index (χ4n) is 3.61. The van der Waals surface area contributed by atoms with Gasteiger partial charge in [0.05, 0.1) is 17.5 Å². The van der Waals surface area contributed by atoms with E-state index < -0.39 is 0 Å². The molecule has 1 amide bonds. The zero-order valence-electron chi connectivity index (χ0n) is 17.8. The number of hydroxylamine groups is 1. The largest absolute Gasteiger partial charge is 0.383 e. The first-order valence-electron chi connectivity index (χ1n) is 10.4. The number of nitrogens with two attached hydrogens (primary N) is 1. The second kappa shape index (κ2) is 7.05.